The molecular formula is C11H15NO2. The minimum atomic E-state index is -0.00447. The zero-order chi connectivity index (χ0) is 9.97. The molecule has 1 atom stereocenters. The number of fused-ring (bicyclic) bond motifs is 1. The molecule has 0 aliphatic carbocycles. The fourth-order valence-corrected chi connectivity index (χ4v) is 1.57. The number of benzene rings is 1. The van der Waals surface area contributed by atoms with Gasteiger partial charge in [-0.05, 0) is 12.5 Å². The summed E-state index contributed by atoms with van der Waals surface area (Å²) in [6.45, 7) is 3.35. The fourth-order valence-electron chi connectivity index (χ4n) is 1.57. The minimum Gasteiger partial charge on any atom is -0.490 e. The van der Waals surface area contributed by atoms with Crippen LogP contribution >= 0.6 is 0 Å². The summed E-state index contributed by atoms with van der Waals surface area (Å²) < 4.78 is 11.1. The second-order valence-corrected chi connectivity index (χ2v) is 3.44. The lowest BCUT2D eigenvalue weighted by atomic mass is 10.1. The molecule has 0 saturated heterocycles. The summed E-state index contributed by atoms with van der Waals surface area (Å²) in [5, 5.41) is 0. The summed E-state index contributed by atoms with van der Waals surface area (Å²) in [4.78, 5) is 0. The van der Waals surface area contributed by atoms with E-state index in [2.05, 4.69) is 6.92 Å². The first-order chi connectivity index (χ1) is 6.83. The van der Waals surface area contributed by atoms with Crippen molar-refractivity contribution in [1.29, 1.82) is 0 Å². The second-order valence-electron chi connectivity index (χ2n) is 3.44. The highest BCUT2D eigenvalue weighted by molar-refractivity contribution is 5.50. The Kier molecular flexibility index (Phi) is 2.59. The van der Waals surface area contributed by atoms with E-state index in [1.165, 1.54) is 0 Å². The molecule has 1 aromatic carbocycles. The number of hydrogen-bond donors (Lipinski definition) is 1. The van der Waals surface area contributed by atoms with Crippen LogP contribution in [-0.2, 0) is 0 Å². The first-order valence-electron chi connectivity index (χ1n) is 4.97. The number of hydrogen-bond acceptors (Lipinski definition) is 3. The van der Waals surface area contributed by atoms with Crippen LogP contribution in [0.15, 0.2) is 18.2 Å². The van der Waals surface area contributed by atoms with Crippen molar-refractivity contribution in [2.24, 2.45) is 5.73 Å². The van der Waals surface area contributed by atoms with Gasteiger partial charge in [0.2, 0.25) is 0 Å². The average Bonchev–Trinajstić information content (AvgIpc) is 2.58. The molecule has 0 spiro atoms. The van der Waals surface area contributed by atoms with Gasteiger partial charge in [0.15, 0.2) is 11.5 Å². The smallest absolute Gasteiger partial charge is 0.166 e. The highest BCUT2D eigenvalue weighted by Crippen LogP contribution is 2.38. The maximum atomic E-state index is 5.86. The maximum absolute atomic E-state index is 5.86. The largest absolute Gasteiger partial charge is 0.490 e. The van der Waals surface area contributed by atoms with Crippen LogP contribution < -0.4 is 15.2 Å². The van der Waals surface area contributed by atoms with Crippen molar-refractivity contribution in [2.75, 3.05) is 13.2 Å². The summed E-state index contributed by atoms with van der Waals surface area (Å²) in [5.74, 6) is 1.64. The Balaban J connectivity index is 2.25. The fraction of sp³-hybridized carbons (Fsp3) is 0.455. The van der Waals surface area contributed by atoms with Crippen LogP contribution in [0.1, 0.15) is 24.9 Å². The van der Waals surface area contributed by atoms with E-state index in [1.807, 2.05) is 18.2 Å². The SMILES string of the molecule is CCCOc1cccc2c1OCC2N. The lowest BCUT2D eigenvalue weighted by Gasteiger charge is -2.08. The van der Waals surface area contributed by atoms with E-state index in [0.29, 0.717) is 6.61 Å². The van der Waals surface area contributed by atoms with Crippen molar-refractivity contribution in [1.82, 2.24) is 0 Å². The molecule has 2 N–H and O–H groups in total. The van der Waals surface area contributed by atoms with E-state index in [1.54, 1.807) is 0 Å². The molecule has 14 heavy (non-hydrogen) atoms. The third kappa shape index (κ3) is 1.55. The molecule has 0 amide bonds. The Morgan fingerprint density at radius 2 is 2.43 bits per heavy atom. The van der Waals surface area contributed by atoms with Gasteiger partial charge in [0.05, 0.1) is 12.6 Å². The zero-order valence-corrected chi connectivity index (χ0v) is 8.32. The van der Waals surface area contributed by atoms with E-state index >= 15 is 0 Å². The summed E-state index contributed by atoms with van der Waals surface area (Å²) in [6, 6.07) is 5.87. The highest BCUT2D eigenvalue weighted by Gasteiger charge is 2.23. The number of rotatable bonds is 3. The molecule has 76 valence electrons. The van der Waals surface area contributed by atoms with Gasteiger partial charge in [-0.2, -0.15) is 0 Å². The Hall–Kier alpha value is -1.22. The van der Waals surface area contributed by atoms with E-state index in [0.717, 1.165) is 30.1 Å². The van der Waals surface area contributed by atoms with Crippen molar-refractivity contribution >= 4 is 0 Å². The van der Waals surface area contributed by atoms with E-state index in [-0.39, 0.29) is 6.04 Å². The van der Waals surface area contributed by atoms with Crippen LogP contribution in [0.5, 0.6) is 11.5 Å². The molecule has 3 heteroatoms. The summed E-state index contributed by atoms with van der Waals surface area (Å²) in [7, 11) is 0. The van der Waals surface area contributed by atoms with Crippen LogP contribution in [0.3, 0.4) is 0 Å². The summed E-state index contributed by atoms with van der Waals surface area (Å²) >= 11 is 0. The van der Waals surface area contributed by atoms with Crippen LogP contribution in [0.2, 0.25) is 0 Å². The summed E-state index contributed by atoms with van der Waals surface area (Å²) in [5.41, 5.74) is 6.92. The third-order valence-corrected chi connectivity index (χ3v) is 2.28. The van der Waals surface area contributed by atoms with Gasteiger partial charge in [-0.15, -0.1) is 0 Å². The molecule has 1 aromatic rings. The standard InChI is InChI=1S/C11H15NO2/c1-2-6-13-10-5-3-4-8-9(12)7-14-11(8)10/h3-5,9H,2,6-7,12H2,1H3. The van der Waals surface area contributed by atoms with E-state index in [4.69, 9.17) is 15.2 Å². The van der Waals surface area contributed by atoms with Crippen molar-refractivity contribution in [2.45, 2.75) is 19.4 Å². The van der Waals surface area contributed by atoms with Gasteiger partial charge in [0.1, 0.15) is 6.61 Å². The number of nitrogens with two attached hydrogens (primary N) is 1. The van der Waals surface area contributed by atoms with Crippen LogP contribution in [0.25, 0.3) is 0 Å². The van der Waals surface area contributed by atoms with E-state index < -0.39 is 0 Å². The molecule has 0 saturated carbocycles. The van der Waals surface area contributed by atoms with Crippen molar-refractivity contribution in [3.8, 4) is 11.5 Å². The molecule has 1 aliphatic heterocycles. The molecule has 1 unspecified atom stereocenters. The quantitative estimate of drug-likeness (QED) is 0.797. The van der Waals surface area contributed by atoms with Gasteiger partial charge in [0, 0.05) is 5.56 Å². The lowest BCUT2D eigenvalue weighted by molar-refractivity contribution is 0.280. The van der Waals surface area contributed by atoms with Crippen LogP contribution in [0, 0.1) is 0 Å². The molecule has 0 bridgehead atoms. The average molecular weight is 193 g/mol. The Morgan fingerprint density at radius 1 is 1.57 bits per heavy atom. The topological polar surface area (TPSA) is 44.5 Å². The molecular weight excluding hydrogens is 178 g/mol. The molecule has 2 rings (SSSR count). The normalized spacial score (nSPS) is 18.9. The van der Waals surface area contributed by atoms with Gasteiger partial charge < -0.3 is 15.2 Å². The van der Waals surface area contributed by atoms with Gasteiger partial charge in [0.25, 0.3) is 0 Å². The highest BCUT2D eigenvalue weighted by atomic mass is 16.5. The van der Waals surface area contributed by atoms with Crippen LogP contribution in [0.4, 0.5) is 0 Å². The minimum absolute atomic E-state index is 0.00447. The zero-order valence-electron chi connectivity index (χ0n) is 8.32. The monoisotopic (exact) mass is 193 g/mol. The van der Waals surface area contributed by atoms with Crippen LogP contribution in [-0.4, -0.2) is 13.2 Å². The molecule has 0 fully saturated rings. The van der Waals surface area contributed by atoms with Gasteiger partial charge >= 0.3 is 0 Å². The molecule has 0 aromatic heterocycles. The third-order valence-electron chi connectivity index (χ3n) is 2.28. The number of para-hydroxylation sites is 1. The van der Waals surface area contributed by atoms with Gasteiger partial charge in [-0.1, -0.05) is 19.1 Å². The molecule has 1 heterocycles. The predicted molar refractivity (Wildman–Crippen MR) is 54.7 cm³/mol. The van der Waals surface area contributed by atoms with Crippen molar-refractivity contribution in [3.05, 3.63) is 23.8 Å². The van der Waals surface area contributed by atoms with Gasteiger partial charge in [-0.25, -0.2) is 0 Å². The Morgan fingerprint density at radius 3 is 3.21 bits per heavy atom. The van der Waals surface area contributed by atoms with E-state index in [9.17, 15) is 0 Å². The Bertz CT molecular complexity index is 325. The number of ether oxygens (including phenoxy) is 2. The lowest BCUT2D eigenvalue weighted by Crippen LogP contribution is -2.10. The molecule has 0 radical (unpaired) electrons. The van der Waals surface area contributed by atoms with Crippen molar-refractivity contribution < 1.29 is 9.47 Å². The van der Waals surface area contributed by atoms with Crippen molar-refractivity contribution in [3.63, 3.8) is 0 Å². The van der Waals surface area contributed by atoms with Gasteiger partial charge in [-0.3, -0.25) is 0 Å². The summed E-state index contributed by atoms with van der Waals surface area (Å²) in [6.07, 6.45) is 0.996. The first-order valence-corrected chi connectivity index (χ1v) is 4.97. The predicted octanol–water partition coefficient (Wildman–Crippen LogP) is 1.87. The molecule has 3 nitrogen and oxygen atoms in total. The second kappa shape index (κ2) is 3.88. The Labute approximate surface area is 83.8 Å². The first kappa shape index (κ1) is 9.34. The molecule has 1 aliphatic rings. The maximum Gasteiger partial charge on any atom is 0.166 e.